The molecule has 0 bridgehead atoms. The lowest BCUT2D eigenvalue weighted by Gasteiger charge is -2.33. The molecule has 13 heteroatoms. The normalized spacial score (nSPS) is 16.4. The van der Waals surface area contributed by atoms with Gasteiger partial charge >= 0.3 is 12.1 Å². The SMILES string of the molecule is COC(=O)[C@H](C)N(C(=O)[C@@H]1CCCN1S(=O)(=O)c1ccc(C(=N)N)cc1)c1ccc(OC(=O)N(C)C)cc1. The summed E-state index contributed by atoms with van der Waals surface area (Å²) >= 11 is 0. The maximum absolute atomic E-state index is 13.9. The van der Waals surface area contributed by atoms with Crippen LogP contribution in [-0.2, 0) is 24.3 Å². The first-order valence-electron chi connectivity index (χ1n) is 11.7. The summed E-state index contributed by atoms with van der Waals surface area (Å²) in [6.45, 7) is 1.60. The lowest BCUT2D eigenvalue weighted by Crippen LogP contribution is -2.53. The Bertz CT molecular complexity index is 1310. The minimum atomic E-state index is -4.07. The van der Waals surface area contributed by atoms with Gasteiger partial charge in [-0.1, -0.05) is 0 Å². The average Bonchev–Trinajstić information content (AvgIpc) is 3.40. The van der Waals surface area contributed by atoms with Crippen molar-refractivity contribution in [3.8, 4) is 5.75 Å². The second-order valence-electron chi connectivity index (χ2n) is 8.88. The third-order valence-electron chi connectivity index (χ3n) is 6.11. The van der Waals surface area contributed by atoms with Crippen molar-refractivity contribution < 1.29 is 32.3 Å². The van der Waals surface area contributed by atoms with Gasteiger partial charge in [-0.2, -0.15) is 4.31 Å². The van der Waals surface area contributed by atoms with Gasteiger partial charge in [0.15, 0.2) is 0 Å². The molecule has 38 heavy (non-hydrogen) atoms. The molecule has 1 aliphatic rings. The van der Waals surface area contributed by atoms with Gasteiger partial charge in [0, 0.05) is 31.9 Å². The number of nitrogens with two attached hydrogens (primary N) is 1. The van der Waals surface area contributed by atoms with Crippen LogP contribution in [0.25, 0.3) is 0 Å². The number of hydrogen-bond donors (Lipinski definition) is 2. The summed E-state index contributed by atoms with van der Waals surface area (Å²) in [6.07, 6.45) is 0.116. The van der Waals surface area contributed by atoms with Gasteiger partial charge in [0.2, 0.25) is 15.9 Å². The van der Waals surface area contributed by atoms with E-state index in [9.17, 15) is 22.8 Å². The topological polar surface area (TPSA) is 163 Å². The number of rotatable bonds is 8. The minimum absolute atomic E-state index is 0.0400. The molecule has 0 aromatic heterocycles. The number of sulfonamides is 1. The highest BCUT2D eigenvalue weighted by Gasteiger charge is 2.43. The Hall–Kier alpha value is -3.97. The van der Waals surface area contributed by atoms with E-state index in [0.717, 1.165) is 4.31 Å². The zero-order chi connectivity index (χ0) is 28.2. The molecule has 1 heterocycles. The molecule has 0 radical (unpaired) electrons. The first kappa shape index (κ1) is 28.6. The highest BCUT2D eigenvalue weighted by molar-refractivity contribution is 7.89. The van der Waals surface area contributed by atoms with E-state index in [1.807, 2.05) is 0 Å². The summed E-state index contributed by atoms with van der Waals surface area (Å²) in [5.74, 6) is -1.25. The van der Waals surface area contributed by atoms with Gasteiger partial charge in [-0.3, -0.25) is 15.1 Å². The number of nitrogens with one attached hydrogen (secondary N) is 1. The van der Waals surface area contributed by atoms with Crippen molar-refractivity contribution in [3.63, 3.8) is 0 Å². The monoisotopic (exact) mass is 545 g/mol. The number of nitrogen functional groups attached to an aromatic ring is 1. The zero-order valence-corrected chi connectivity index (χ0v) is 22.4. The fourth-order valence-corrected chi connectivity index (χ4v) is 5.71. The summed E-state index contributed by atoms with van der Waals surface area (Å²) in [5, 5.41) is 7.51. The number of nitrogens with zero attached hydrogens (tertiary/aromatic N) is 3. The molecule has 0 aliphatic carbocycles. The molecule has 2 aromatic carbocycles. The quantitative estimate of drug-likeness (QED) is 0.288. The van der Waals surface area contributed by atoms with Crippen LogP contribution in [0.4, 0.5) is 10.5 Å². The molecule has 3 N–H and O–H groups in total. The van der Waals surface area contributed by atoms with Crippen molar-refractivity contribution in [2.75, 3.05) is 32.6 Å². The number of carbonyl (C=O) groups excluding carboxylic acids is 3. The fraction of sp³-hybridized carbons (Fsp3) is 0.360. The second kappa shape index (κ2) is 11.6. The highest BCUT2D eigenvalue weighted by Crippen LogP contribution is 2.31. The standard InChI is InChI=1S/C25H31N5O7S/c1-16(24(32)36-4)30(18-9-11-19(12-10-18)37-25(33)28(2)3)23(31)21-6-5-15-29(21)38(34,35)20-13-7-17(8-14-20)22(26)27/h7-14,16,21H,5-6,15H2,1-4H3,(H3,26,27)/t16-,21-/m0/s1. The number of amidine groups is 1. The second-order valence-corrected chi connectivity index (χ2v) is 10.8. The van der Waals surface area contributed by atoms with E-state index in [-0.39, 0.29) is 29.4 Å². The van der Waals surface area contributed by atoms with E-state index < -0.39 is 40.1 Å². The lowest BCUT2D eigenvalue weighted by atomic mass is 10.1. The Balaban J connectivity index is 1.94. The van der Waals surface area contributed by atoms with Gasteiger partial charge in [-0.25, -0.2) is 18.0 Å². The largest absolute Gasteiger partial charge is 0.467 e. The summed E-state index contributed by atoms with van der Waals surface area (Å²) in [6, 6.07) is 9.36. The molecule has 0 saturated carbocycles. The molecule has 3 rings (SSSR count). The Morgan fingerprint density at radius 1 is 1.08 bits per heavy atom. The first-order valence-corrected chi connectivity index (χ1v) is 13.2. The number of amides is 2. The van der Waals surface area contributed by atoms with Crippen molar-refractivity contribution in [2.24, 2.45) is 5.73 Å². The Labute approximate surface area is 221 Å². The van der Waals surface area contributed by atoms with Crippen molar-refractivity contribution in [1.82, 2.24) is 9.21 Å². The van der Waals surface area contributed by atoms with Crippen molar-refractivity contribution in [3.05, 3.63) is 54.1 Å². The van der Waals surface area contributed by atoms with E-state index in [1.165, 1.54) is 86.5 Å². The predicted octanol–water partition coefficient (Wildman–Crippen LogP) is 1.78. The Kier molecular flexibility index (Phi) is 8.74. The molecule has 12 nitrogen and oxygen atoms in total. The Morgan fingerprint density at radius 3 is 2.21 bits per heavy atom. The summed E-state index contributed by atoms with van der Waals surface area (Å²) in [5.41, 5.74) is 6.13. The van der Waals surface area contributed by atoms with E-state index in [2.05, 4.69) is 0 Å². The van der Waals surface area contributed by atoms with E-state index >= 15 is 0 Å². The smallest absolute Gasteiger partial charge is 0.414 e. The molecule has 2 atom stereocenters. The molecule has 1 fully saturated rings. The van der Waals surface area contributed by atoms with Crippen LogP contribution >= 0.6 is 0 Å². The zero-order valence-electron chi connectivity index (χ0n) is 21.6. The number of anilines is 1. The van der Waals surface area contributed by atoms with Crippen LogP contribution < -0.4 is 15.4 Å². The fourth-order valence-electron chi connectivity index (χ4n) is 4.06. The number of carbonyl (C=O) groups is 3. The predicted molar refractivity (Wildman–Crippen MR) is 139 cm³/mol. The molecule has 1 saturated heterocycles. The number of methoxy groups -OCH3 is 1. The first-order chi connectivity index (χ1) is 17.9. The van der Waals surface area contributed by atoms with Crippen LogP contribution in [0.15, 0.2) is 53.4 Å². The Morgan fingerprint density at radius 2 is 1.68 bits per heavy atom. The van der Waals surface area contributed by atoms with Crippen molar-refractivity contribution in [1.29, 1.82) is 5.41 Å². The van der Waals surface area contributed by atoms with Gasteiger partial charge in [0.25, 0.3) is 0 Å². The molecular formula is C25H31N5O7S. The van der Waals surface area contributed by atoms with E-state index in [1.54, 1.807) is 0 Å². The van der Waals surface area contributed by atoms with E-state index in [0.29, 0.717) is 17.7 Å². The van der Waals surface area contributed by atoms with Crippen LogP contribution in [0.2, 0.25) is 0 Å². The average molecular weight is 546 g/mol. The molecular weight excluding hydrogens is 514 g/mol. The van der Waals surface area contributed by atoms with Gasteiger partial charge in [-0.15, -0.1) is 0 Å². The van der Waals surface area contributed by atoms with Crippen LogP contribution in [0.5, 0.6) is 5.75 Å². The van der Waals surface area contributed by atoms with Crippen LogP contribution in [0, 0.1) is 5.41 Å². The molecule has 0 unspecified atom stereocenters. The van der Waals surface area contributed by atoms with Crippen molar-refractivity contribution >= 4 is 39.5 Å². The van der Waals surface area contributed by atoms with Crippen LogP contribution in [-0.4, -0.2) is 81.3 Å². The van der Waals surface area contributed by atoms with Crippen molar-refractivity contribution in [2.45, 2.75) is 36.7 Å². The minimum Gasteiger partial charge on any atom is -0.467 e. The number of benzene rings is 2. The molecule has 2 aromatic rings. The van der Waals surface area contributed by atoms with Gasteiger partial charge in [0.1, 0.15) is 23.7 Å². The molecule has 0 spiro atoms. The lowest BCUT2D eigenvalue weighted by molar-refractivity contribution is -0.143. The number of esters is 1. The maximum atomic E-state index is 13.9. The van der Waals surface area contributed by atoms with E-state index in [4.69, 9.17) is 20.6 Å². The highest BCUT2D eigenvalue weighted by atomic mass is 32.2. The van der Waals surface area contributed by atoms with Crippen LogP contribution in [0.1, 0.15) is 25.3 Å². The van der Waals surface area contributed by atoms with Gasteiger partial charge < -0.3 is 20.1 Å². The van der Waals surface area contributed by atoms with Crippen LogP contribution in [0.3, 0.4) is 0 Å². The molecule has 204 valence electrons. The van der Waals surface area contributed by atoms with Gasteiger partial charge in [0.05, 0.1) is 12.0 Å². The molecule has 2 amide bonds. The number of hydrogen-bond acceptors (Lipinski definition) is 8. The third kappa shape index (κ3) is 5.94. The maximum Gasteiger partial charge on any atom is 0.414 e. The van der Waals surface area contributed by atoms with Gasteiger partial charge in [-0.05, 0) is 68.3 Å². The summed E-state index contributed by atoms with van der Waals surface area (Å²) in [4.78, 5) is 40.6. The molecule has 1 aliphatic heterocycles. The number of ether oxygens (including phenoxy) is 2. The summed E-state index contributed by atoms with van der Waals surface area (Å²) < 4.78 is 38.2. The summed E-state index contributed by atoms with van der Waals surface area (Å²) in [7, 11) is 0.194. The third-order valence-corrected chi connectivity index (χ3v) is 8.04.